The van der Waals surface area contributed by atoms with Crippen LogP contribution in [-0.4, -0.2) is 37.7 Å². The molecule has 0 amide bonds. The van der Waals surface area contributed by atoms with E-state index in [1.807, 2.05) is 14.1 Å². The number of likely N-dealkylation sites (N-methyl/N-ethyl adjacent to an activating group) is 1. The Kier molecular flexibility index (Phi) is 4.54. The van der Waals surface area contributed by atoms with E-state index in [0.717, 1.165) is 5.75 Å². The Morgan fingerprint density at radius 2 is 1.71 bits per heavy atom. The van der Waals surface area contributed by atoms with Crippen molar-refractivity contribution < 1.29 is 4.74 Å². The first-order valence-corrected chi connectivity index (χ1v) is 5.96. The summed E-state index contributed by atoms with van der Waals surface area (Å²) in [6.07, 6.45) is 0. The summed E-state index contributed by atoms with van der Waals surface area (Å²) in [7, 11) is 4.05. The van der Waals surface area contributed by atoms with Crippen LogP contribution < -0.4 is 10.5 Å². The standard InChI is InChI=1S/C14H24N2O/c1-11-6-12(2)8-13(7-11)17-10-14(3,9-15)16(4)5/h6-8H,9-10,15H2,1-5H3. The molecule has 0 aliphatic heterocycles. The number of nitrogens with zero attached hydrogens (tertiary/aromatic N) is 1. The van der Waals surface area contributed by atoms with Crippen LogP contribution in [0.25, 0.3) is 0 Å². The Labute approximate surface area is 105 Å². The molecule has 0 aliphatic carbocycles. The average Bonchev–Trinajstić information content (AvgIpc) is 2.24. The number of nitrogens with two attached hydrogens (primary N) is 1. The van der Waals surface area contributed by atoms with E-state index in [0.29, 0.717) is 13.2 Å². The van der Waals surface area contributed by atoms with Crippen LogP contribution in [0.5, 0.6) is 5.75 Å². The molecule has 0 spiro atoms. The van der Waals surface area contributed by atoms with E-state index in [2.05, 4.69) is 43.9 Å². The molecule has 2 N–H and O–H groups in total. The van der Waals surface area contributed by atoms with Crippen molar-refractivity contribution in [3.63, 3.8) is 0 Å². The first-order valence-electron chi connectivity index (χ1n) is 5.96. The number of hydrogen-bond donors (Lipinski definition) is 1. The van der Waals surface area contributed by atoms with Crippen LogP contribution in [-0.2, 0) is 0 Å². The van der Waals surface area contributed by atoms with Gasteiger partial charge in [-0.3, -0.25) is 4.90 Å². The molecule has 17 heavy (non-hydrogen) atoms. The zero-order valence-electron chi connectivity index (χ0n) is 11.6. The molecule has 1 rings (SSSR count). The maximum Gasteiger partial charge on any atom is 0.119 e. The van der Waals surface area contributed by atoms with E-state index in [9.17, 15) is 0 Å². The van der Waals surface area contributed by atoms with E-state index < -0.39 is 0 Å². The summed E-state index contributed by atoms with van der Waals surface area (Å²) in [6.45, 7) is 7.43. The molecular weight excluding hydrogens is 212 g/mol. The predicted octanol–water partition coefficient (Wildman–Crippen LogP) is 1.96. The van der Waals surface area contributed by atoms with Gasteiger partial charge in [-0.15, -0.1) is 0 Å². The van der Waals surface area contributed by atoms with Crippen molar-refractivity contribution in [2.75, 3.05) is 27.2 Å². The number of benzene rings is 1. The zero-order valence-corrected chi connectivity index (χ0v) is 11.6. The van der Waals surface area contributed by atoms with Gasteiger partial charge in [-0.05, 0) is 58.1 Å². The van der Waals surface area contributed by atoms with Gasteiger partial charge < -0.3 is 10.5 Å². The molecule has 0 saturated carbocycles. The van der Waals surface area contributed by atoms with Gasteiger partial charge in [0.2, 0.25) is 0 Å². The van der Waals surface area contributed by atoms with Crippen molar-refractivity contribution >= 4 is 0 Å². The predicted molar refractivity (Wildman–Crippen MR) is 72.6 cm³/mol. The molecule has 1 aromatic carbocycles. The van der Waals surface area contributed by atoms with Crippen molar-refractivity contribution in [1.82, 2.24) is 4.90 Å². The van der Waals surface area contributed by atoms with Crippen molar-refractivity contribution in [1.29, 1.82) is 0 Å². The number of hydrogen-bond acceptors (Lipinski definition) is 3. The van der Waals surface area contributed by atoms with E-state index in [1.54, 1.807) is 0 Å². The fourth-order valence-electron chi connectivity index (χ4n) is 1.63. The van der Waals surface area contributed by atoms with E-state index in [1.165, 1.54) is 11.1 Å². The molecule has 0 aliphatic rings. The van der Waals surface area contributed by atoms with Crippen LogP contribution in [0, 0.1) is 13.8 Å². The van der Waals surface area contributed by atoms with Crippen molar-refractivity contribution in [2.24, 2.45) is 5.73 Å². The monoisotopic (exact) mass is 236 g/mol. The summed E-state index contributed by atoms with van der Waals surface area (Å²) < 4.78 is 5.86. The highest BCUT2D eigenvalue weighted by Crippen LogP contribution is 2.19. The van der Waals surface area contributed by atoms with E-state index in [-0.39, 0.29) is 5.54 Å². The van der Waals surface area contributed by atoms with E-state index >= 15 is 0 Å². The van der Waals surface area contributed by atoms with Crippen LogP contribution in [0.4, 0.5) is 0 Å². The normalized spacial score (nSPS) is 14.8. The summed E-state index contributed by atoms with van der Waals surface area (Å²) in [6, 6.07) is 6.25. The Bertz CT molecular complexity index is 356. The highest BCUT2D eigenvalue weighted by atomic mass is 16.5. The van der Waals surface area contributed by atoms with Crippen LogP contribution in [0.3, 0.4) is 0 Å². The van der Waals surface area contributed by atoms with Gasteiger partial charge in [0.15, 0.2) is 0 Å². The Hall–Kier alpha value is -1.06. The number of ether oxygens (including phenoxy) is 1. The second-order valence-electron chi connectivity index (χ2n) is 5.21. The average molecular weight is 236 g/mol. The molecule has 0 heterocycles. The van der Waals surface area contributed by atoms with Gasteiger partial charge in [-0.2, -0.15) is 0 Å². The molecule has 1 atom stereocenters. The summed E-state index contributed by atoms with van der Waals surface area (Å²) in [5, 5.41) is 0. The van der Waals surface area contributed by atoms with E-state index in [4.69, 9.17) is 10.5 Å². The van der Waals surface area contributed by atoms with Gasteiger partial charge in [0.1, 0.15) is 12.4 Å². The zero-order chi connectivity index (χ0) is 13.1. The molecule has 1 aromatic rings. The van der Waals surface area contributed by atoms with Crippen LogP contribution in [0.1, 0.15) is 18.1 Å². The largest absolute Gasteiger partial charge is 0.492 e. The maximum atomic E-state index is 5.86. The molecule has 3 heteroatoms. The molecule has 0 bridgehead atoms. The first kappa shape index (κ1) is 14.0. The molecule has 0 aromatic heterocycles. The minimum atomic E-state index is -0.127. The Morgan fingerprint density at radius 3 is 2.12 bits per heavy atom. The lowest BCUT2D eigenvalue weighted by Gasteiger charge is -2.34. The minimum absolute atomic E-state index is 0.127. The summed E-state index contributed by atoms with van der Waals surface area (Å²) >= 11 is 0. The number of rotatable bonds is 5. The fourth-order valence-corrected chi connectivity index (χ4v) is 1.63. The first-order chi connectivity index (χ1) is 7.87. The minimum Gasteiger partial charge on any atom is -0.492 e. The number of aryl methyl sites for hydroxylation is 2. The molecule has 3 nitrogen and oxygen atoms in total. The smallest absolute Gasteiger partial charge is 0.119 e. The SMILES string of the molecule is Cc1cc(C)cc(OCC(C)(CN)N(C)C)c1. The van der Waals surface area contributed by atoms with Crippen LogP contribution >= 0.6 is 0 Å². The molecule has 0 fully saturated rings. The molecule has 0 saturated heterocycles. The Morgan fingerprint density at radius 1 is 1.18 bits per heavy atom. The third-order valence-electron chi connectivity index (χ3n) is 3.26. The van der Waals surface area contributed by atoms with Crippen molar-refractivity contribution in [2.45, 2.75) is 26.3 Å². The van der Waals surface area contributed by atoms with Crippen LogP contribution in [0.2, 0.25) is 0 Å². The van der Waals surface area contributed by atoms with Gasteiger partial charge >= 0.3 is 0 Å². The lowest BCUT2D eigenvalue weighted by Crippen LogP contribution is -2.52. The Balaban J connectivity index is 2.72. The quantitative estimate of drug-likeness (QED) is 0.849. The lowest BCUT2D eigenvalue weighted by atomic mass is 10.0. The summed E-state index contributed by atoms with van der Waals surface area (Å²) in [4.78, 5) is 2.11. The second-order valence-corrected chi connectivity index (χ2v) is 5.21. The van der Waals surface area contributed by atoms with Crippen LogP contribution in [0.15, 0.2) is 18.2 Å². The highest BCUT2D eigenvalue weighted by molar-refractivity contribution is 5.33. The molecule has 96 valence electrons. The van der Waals surface area contributed by atoms with Gasteiger partial charge in [0, 0.05) is 6.54 Å². The van der Waals surface area contributed by atoms with Crippen molar-refractivity contribution in [3.8, 4) is 5.75 Å². The summed E-state index contributed by atoms with van der Waals surface area (Å²) in [5.74, 6) is 0.920. The van der Waals surface area contributed by atoms with Gasteiger partial charge in [-0.1, -0.05) is 6.07 Å². The van der Waals surface area contributed by atoms with Gasteiger partial charge in [-0.25, -0.2) is 0 Å². The molecule has 1 unspecified atom stereocenters. The van der Waals surface area contributed by atoms with Gasteiger partial charge in [0.05, 0.1) is 5.54 Å². The molecular formula is C14H24N2O. The third kappa shape index (κ3) is 3.72. The lowest BCUT2D eigenvalue weighted by molar-refractivity contribution is 0.104. The topological polar surface area (TPSA) is 38.5 Å². The fraction of sp³-hybridized carbons (Fsp3) is 0.571. The van der Waals surface area contributed by atoms with Gasteiger partial charge in [0.25, 0.3) is 0 Å². The molecule has 0 radical (unpaired) electrons. The van der Waals surface area contributed by atoms with Crippen molar-refractivity contribution in [3.05, 3.63) is 29.3 Å². The third-order valence-corrected chi connectivity index (χ3v) is 3.26. The second kappa shape index (κ2) is 5.52. The maximum absolute atomic E-state index is 5.86. The summed E-state index contributed by atoms with van der Waals surface area (Å²) in [5.41, 5.74) is 8.13. The highest BCUT2D eigenvalue weighted by Gasteiger charge is 2.26.